The molecule has 0 aliphatic heterocycles. The molecule has 50 heavy (non-hydrogen) atoms. The van der Waals surface area contributed by atoms with Gasteiger partial charge in [0.25, 0.3) is 11.4 Å². The zero-order chi connectivity index (χ0) is 33.6. The molecule has 0 spiro atoms. The minimum absolute atomic E-state index is 0. The van der Waals surface area contributed by atoms with Gasteiger partial charge in [0.15, 0.2) is 0 Å². The number of fused-ring (bicyclic) bond motifs is 4. The Balaban J connectivity index is 0.00000281. The SMILES string of the molecule is COc1cccc2c(NCCCCCCCCNc3c4ccc([N+](=O)[O-])cc4nc4c(OC)cccc34)c3ccc([N+](=O)[O-])cc3nc12.Cl.Cl. The summed E-state index contributed by atoms with van der Waals surface area (Å²) in [6.07, 6.45) is 6.28. The molecule has 4 aromatic carbocycles. The van der Waals surface area contributed by atoms with Gasteiger partial charge in [0.2, 0.25) is 0 Å². The van der Waals surface area contributed by atoms with Gasteiger partial charge in [-0.2, -0.15) is 0 Å². The van der Waals surface area contributed by atoms with E-state index in [1.54, 1.807) is 26.4 Å². The number of nitro groups is 2. The van der Waals surface area contributed by atoms with Crippen LogP contribution in [-0.4, -0.2) is 47.1 Å². The van der Waals surface area contributed by atoms with Gasteiger partial charge in [-0.1, -0.05) is 49.9 Å². The van der Waals surface area contributed by atoms with Crippen LogP contribution in [0.25, 0.3) is 43.6 Å². The van der Waals surface area contributed by atoms with Crippen molar-refractivity contribution in [3.8, 4) is 11.5 Å². The van der Waals surface area contributed by atoms with E-state index in [1.165, 1.54) is 24.3 Å². The molecule has 14 heteroatoms. The normalized spacial score (nSPS) is 10.8. The van der Waals surface area contributed by atoms with Crippen molar-refractivity contribution in [2.75, 3.05) is 37.9 Å². The van der Waals surface area contributed by atoms with Gasteiger partial charge in [0.05, 0.1) is 46.5 Å². The lowest BCUT2D eigenvalue weighted by Gasteiger charge is -2.15. The number of methoxy groups -OCH3 is 2. The van der Waals surface area contributed by atoms with Gasteiger partial charge in [-0.3, -0.25) is 20.2 Å². The van der Waals surface area contributed by atoms with Crippen LogP contribution < -0.4 is 20.1 Å². The first-order valence-corrected chi connectivity index (χ1v) is 16.0. The Morgan fingerprint density at radius 1 is 0.580 bits per heavy atom. The van der Waals surface area contributed by atoms with Gasteiger partial charge in [0, 0.05) is 58.9 Å². The standard InChI is InChI=1S/C36H36N6O6.2ClH/c1-47-31-13-9-11-27-33(25-17-15-23(41(43)44)21-29(25)39-35(27)31)37-19-7-5-3-4-6-8-20-38-34-26-18-16-24(42(45)46)22-30(26)40-36-28(34)12-10-14-32(36)48-2;;/h9-18,21-22H,3-8,19-20H2,1-2H3,(H,37,39)(H,38,40);2*1H. The lowest BCUT2D eigenvalue weighted by Crippen LogP contribution is -2.05. The first-order chi connectivity index (χ1) is 23.4. The minimum Gasteiger partial charge on any atom is -0.494 e. The van der Waals surface area contributed by atoms with E-state index < -0.39 is 9.85 Å². The molecule has 0 bridgehead atoms. The molecule has 0 saturated heterocycles. The lowest BCUT2D eigenvalue weighted by molar-refractivity contribution is -0.384. The van der Waals surface area contributed by atoms with E-state index in [1.807, 2.05) is 36.4 Å². The number of anilines is 2. The van der Waals surface area contributed by atoms with Crippen molar-refractivity contribution >= 4 is 91.2 Å². The monoisotopic (exact) mass is 720 g/mol. The van der Waals surface area contributed by atoms with Crippen LogP contribution in [0.2, 0.25) is 0 Å². The summed E-state index contributed by atoms with van der Waals surface area (Å²) in [6.45, 7) is 1.52. The number of halogens is 2. The number of aromatic nitrogens is 2. The second kappa shape index (κ2) is 17.0. The minimum atomic E-state index is -0.410. The van der Waals surface area contributed by atoms with E-state index >= 15 is 0 Å². The number of hydrogen-bond acceptors (Lipinski definition) is 10. The Bertz CT molecular complexity index is 2010. The van der Waals surface area contributed by atoms with Gasteiger partial charge in [-0.15, -0.1) is 24.8 Å². The van der Waals surface area contributed by atoms with E-state index in [9.17, 15) is 20.2 Å². The molecule has 0 radical (unpaired) electrons. The molecule has 262 valence electrons. The molecule has 0 saturated carbocycles. The predicted molar refractivity (Wildman–Crippen MR) is 204 cm³/mol. The number of rotatable bonds is 15. The fourth-order valence-corrected chi connectivity index (χ4v) is 6.18. The Labute approximate surface area is 300 Å². The molecule has 0 amide bonds. The lowest BCUT2D eigenvalue weighted by atomic mass is 10.1. The largest absolute Gasteiger partial charge is 0.494 e. The Kier molecular flexibility index (Phi) is 12.8. The molecular formula is C36H38Cl2N6O6. The zero-order valence-electron chi connectivity index (χ0n) is 27.6. The summed E-state index contributed by atoms with van der Waals surface area (Å²) in [5.74, 6) is 1.24. The average Bonchev–Trinajstić information content (AvgIpc) is 3.10. The van der Waals surface area contributed by atoms with Crippen molar-refractivity contribution in [2.45, 2.75) is 38.5 Å². The molecule has 0 atom stereocenters. The Hall–Kier alpha value is -5.20. The quantitative estimate of drug-likeness (QED) is 0.0453. The second-order valence-corrected chi connectivity index (χ2v) is 11.6. The second-order valence-electron chi connectivity index (χ2n) is 11.6. The summed E-state index contributed by atoms with van der Waals surface area (Å²) in [5.41, 5.74) is 4.22. The molecule has 0 aliphatic carbocycles. The van der Waals surface area contributed by atoms with Crippen LogP contribution in [0, 0.1) is 20.2 Å². The first kappa shape index (κ1) is 37.6. The molecule has 2 N–H and O–H groups in total. The molecule has 2 aromatic heterocycles. The summed E-state index contributed by atoms with van der Waals surface area (Å²) in [4.78, 5) is 31.4. The van der Waals surface area contributed by atoms with Crippen LogP contribution >= 0.6 is 24.8 Å². The van der Waals surface area contributed by atoms with Crippen LogP contribution in [0.3, 0.4) is 0 Å². The number of hydrogen-bond donors (Lipinski definition) is 2. The number of nitrogens with zero attached hydrogens (tertiary/aromatic N) is 4. The van der Waals surface area contributed by atoms with Crippen LogP contribution in [0.1, 0.15) is 38.5 Å². The highest BCUT2D eigenvalue weighted by molar-refractivity contribution is 6.10. The third kappa shape index (κ3) is 7.82. The number of para-hydroxylation sites is 2. The van der Waals surface area contributed by atoms with Crippen molar-refractivity contribution in [1.82, 2.24) is 9.97 Å². The maximum absolute atomic E-state index is 11.4. The van der Waals surface area contributed by atoms with Crippen molar-refractivity contribution < 1.29 is 19.3 Å². The molecular weight excluding hydrogens is 683 g/mol. The number of nitro benzene ring substituents is 2. The van der Waals surface area contributed by atoms with Gasteiger partial charge in [-0.25, -0.2) is 9.97 Å². The van der Waals surface area contributed by atoms with Crippen LogP contribution in [-0.2, 0) is 0 Å². The van der Waals surface area contributed by atoms with Gasteiger partial charge < -0.3 is 20.1 Å². The number of benzene rings is 4. The Morgan fingerprint density at radius 2 is 0.980 bits per heavy atom. The van der Waals surface area contributed by atoms with Crippen molar-refractivity contribution in [3.63, 3.8) is 0 Å². The predicted octanol–water partition coefficient (Wildman–Crippen LogP) is 9.63. The maximum atomic E-state index is 11.4. The molecule has 0 aliphatic rings. The highest BCUT2D eigenvalue weighted by atomic mass is 35.5. The summed E-state index contributed by atoms with van der Waals surface area (Å²) < 4.78 is 11.1. The smallest absolute Gasteiger partial charge is 0.271 e. The number of pyridine rings is 2. The molecule has 0 fully saturated rings. The fourth-order valence-electron chi connectivity index (χ4n) is 6.18. The van der Waals surface area contributed by atoms with E-state index in [0.29, 0.717) is 33.6 Å². The Morgan fingerprint density at radius 3 is 1.36 bits per heavy atom. The van der Waals surface area contributed by atoms with E-state index in [2.05, 4.69) is 10.6 Å². The maximum Gasteiger partial charge on any atom is 0.271 e. The van der Waals surface area contributed by atoms with Gasteiger partial charge in [0.1, 0.15) is 22.5 Å². The third-order valence-electron chi connectivity index (χ3n) is 8.57. The fraction of sp³-hybridized carbons (Fsp3) is 0.278. The summed E-state index contributed by atoms with van der Waals surface area (Å²) in [6, 6.07) is 21.0. The number of ether oxygens (including phenoxy) is 2. The van der Waals surface area contributed by atoms with E-state index in [4.69, 9.17) is 19.4 Å². The molecule has 6 aromatic rings. The number of non-ortho nitro benzene ring substituents is 2. The summed E-state index contributed by atoms with van der Waals surface area (Å²) in [7, 11) is 3.18. The highest BCUT2D eigenvalue weighted by Crippen LogP contribution is 2.38. The van der Waals surface area contributed by atoms with E-state index in [-0.39, 0.29) is 36.2 Å². The molecule has 6 rings (SSSR count). The molecule has 0 unspecified atom stereocenters. The van der Waals surface area contributed by atoms with Crippen LogP contribution in [0.15, 0.2) is 72.8 Å². The molecule has 2 heterocycles. The highest BCUT2D eigenvalue weighted by Gasteiger charge is 2.17. The third-order valence-corrected chi connectivity index (χ3v) is 8.57. The topological polar surface area (TPSA) is 155 Å². The van der Waals surface area contributed by atoms with Gasteiger partial charge in [-0.05, 0) is 37.1 Å². The van der Waals surface area contributed by atoms with Crippen molar-refractivity contribution in [3.05, 3.63) is 93.0 Å². The number of unbranched alkanes of at least 4 members (excludes halogenated alkanes) is 5. The van der Waals surface area contributed by atoms with Crippen LogP contribution in [0.5, 0.6) is 11.5 Å². The van der Waals surface area contributed by atoms with Gasteiger partial charge >= 0.3 is 0 Å². The molecule has 12 nitrogen and oxygen atoms in total. The van der Waals surface area contributed by atoms with Crippen LogP contribution in [0.4, 0.5) is 22.7 Å². The summed E-state index contributed by atoms with van der Waals surface area (Å²) >= 11 is 0. The average molecular weight is 722 g/mol. The van der Waals surface area contributed by atoms with Crippen molar-refractivity contribution in [2.24, 2.45) is 0 Å². The summed E-state index contributed by atoms with van der Waals surface area (Å²) in [5, 5.41) is 33.4. The number of nitrogens with one attached hydrogen (secondary N) is 2. The van der Waals surface area contributed by atoms with Crippen molar-refractivity contribution in [1.29, 1.82) is 0 Å². The first-order valence-electron chi connectivity index (χ1n) is 16.0. The zero-order valence-corrected chi connectivity index (χ0v) is 29.3. The van der Waals surface area contributed by atoms with E-state index in [0.717, 1.165) is 84.5 Å².